The molecule has 0 atom stereocenters. The monoisotopic (exact) mass is 418 g/mol. The second-order valence-electron chi connectivity index (χ2n) is 7.29. The van der Waals surface area contributed by atoms with Crippen molar-refractivity contribution >= 4 is 11.3 Å². The van der Waals surface area contributed by atoms with Gasteiger partial charge in [-0.25, -0.2) is 9.37 Å². The third kappa shape index (κ3) is 3.69. The molecule has 1 aliphatic rings. The number of nitrogens with zero attached hydrogens (tertiary/aromatic N) is 3. The molecule has 4 heterocycles. The third-order valence-corrected chi connectivity index (χ3v) is 6.37. The lowest BCUT2D eigenvalue weighted by atomic mass is 10.1. The summed E-state index contributed by atoms with van der Waals surface area (Å²) in [5.74, 6) is 0.355. The van der Waals surface area contributed by atoms with E-state index in [0.717, 1.165) is 46.1 Å². The van der Waals surface area contributed by atoms with Gasteiger partial charge in [0.15, 0.2) is 0 Å². The van der Waals surface area contributed by atoms with E-state index in [1.54, 1.807) is 35.9 Å². The Hall–Kier alpha value is -3.16. The number of thiophene rings is 1. The van der Waals surface area contributed by atoms with E-state index in [9.17, 15) is 9.18 Å². The Morgan fingerprint density at radius 3 is 2.87 bits per heavy atom. The van der Waals surface area contributed by atoms with E-state index in [1.807, 2.05) is 30.3 Å². The Bertz CT molecular complexity index is 1250. The number of aromatic amines is 1. The summed E-state index contributed by atoms with van der Waals surface area (Å²) in [4.78, 5) is 28.7. The molecule has 1 aliphatic heterocycles. The van der Waals surface area contributed by atoms with Gasteiger partial charge in [-0.15, -0.1) is 11.3 Å². The van der Waals surface area contributed by atoms with Crippen LogP contribution in [0, 0.1) is 5.82 Å². The maximum absolute atomic E-state index is 14.1. The zero-order chi connectivity index (χ0) is 20.5. The van der Waals surface area contributed by atoms with Crippen LogP contribution in [0.5, 0.6) is 0 Å². The maximum atomic E-state index is 14.1. The van der Waals surface area contributed by atoms with Crippen molar-refractivity contribution in [3.05, 3.63) is 93.2 Å². The van der Waals surface area contributed by atoms with Crippen molar-refractivity contribution in [3.8, 4) is 21.8 Å². The molecule has 3 aromatic heterocycles. The average Bonchev–Trinajstić information content (AvgIpc) is 3.23. The highest BCUT2D eigenvalue weighted by molar-refractivity contribution is 7.15. The fourth-order valence-corrected chi connectivity index (χ4v) is 4.82. The molecule has 7 heteroatoms. The number of nitrogens with one attached hydrogen (secondary N) is 1. The van der Waals surface area contributed by atoms with Crippen LogP contribution in [0.3, 0.4) is 0 Å². The van der Waals surface area contributed by atoms with Crippen molar-refractivity contribution in [1.82, 2.24) is 19.9 Å². The summed E-state index contributed by atoms with van der Waals surface area (Å²) >= 11 is 1.59. The normalized spacial score (nSPS) is 13.9. The van der Waals surface area contributed by atoms with Gasteiger partial charge in [0.25, 0.3) is 5.56 Å². The second-order valence-corrected chi connectivity index (χ2v) is 8.46. The number of H-pyrrole nitrogens is 1. The molecule has 5 nitrogen and oxygen atoms in total. The lowest BCUT2D eigenvalue weighted by Gasteiger charge is -2.27. The zero-order valence-electron chi connectivity index (χ0n) is 16.1. The molecule has 0 bridgehead atoms. The first-order chi connectivity index (χ1) is 14.7. The topological polar surface area (TPSA) is 61.9 Å². The van der Waals surface area contributed by atoms with Crippen LogP contribution in [-0.2, 0) is 19.5 Å². The first-order valence-electron chi connectivity index (χ1n) is 9.76. The molecule has 1 aromatic carbocycles. The number of halogens is 1. The van der Waals surface area contributed by atoms with Crippen LogP contribution < -0.4 is 5.56 Å². The number of hydrogen-bond acceptors (Lipinski definition) is 5. The molecule has 5 rings (SSSR count). The highest BCUT2D eigenvalue weighted by atomic mass is 32.1. The molecule has 0 spiro atoms. The van der Waals surface area contributed by atoms with Crippen LogP contribution in [0.15, 0.2) is 65.7 Å². The van der Waals surface area contributed by atoms with Crippen molar-refractivity contribution in [1.29, 1.82) is 0 Å². The van der Waals surface area contributed by atoms with Gasteiger partial charge >= 0.3 is 0 Å². The minimum Gasteiger partial charge on any atom is -0.306 e. The maximum Gasteiger partial charge on any atom is 0.255 e. The summed E-state index contributed by atoms with van der Waals surface area (Å²) in [6, 6.07) is 14.5. The largest absolute Gasteiger partial charge is 0.306 e. The molecule has 4 aromatic rings. The number of aromatic nitrogens is 3. The third-order valence-electron chi connectivity index (χ3n) is 5.26. The molecule has 150 valence electrons. The summed E-state index contributed by atoms with van der Waals surface area (Å²) in [7, 11) is 0. The number of pyridine rings is 1. The molecule has 0 saturated carbocycles. The van der Waals surface area contributed by atoms with Crippen molar-refractivity contribution in [2.24, 2.45) is 0 Å². The van der Waals surface area contributed by atoms with Gasteiger partial charge in [-0.2, -0.15) is 0 Å². The molecule has 0 aliphatic carbocycles. The molecule has 0 unspecified atom stereocenters. The second kappa shape index (κ2) is 7.93. The summed E-state index contributed by atoms with van der Waals surface area (Å²) in [5.41, 5.74) is 2.91. The predicted molar refractivity (Wildman–Crippen MR) is 116 cm³/mol. The highest BCUT2D eigenvalue weighted by Crippen LogP contribution is 2.31. The summed E-state index contributed by atoms with van der Waals surface area (Å²) in [6.45, 7) is 2.10. The van der Waals surface area contributed by atoms with Gasteiger partial charge < -0.3 is 4.98 Å². The number of fused-ring (bicyclic) bond motifs is 1. The Balaban J connectivity index is 1.34. The van der Waals surface area contributed by atoms with Crippen LogP contribution >= 0.6 is 11.3 Å². The predicted octanol–water partition coefficient (Wildman–Crippen LogP) is 4.26. The fourth-order valence-electron chi connectivity index (χ4n) is 3.74. The Kier molecular flexibility index (Phi) is 4.98. The van der Waals surface area contributed by atoms with E-state index >= 15 is 0 Å². The number of benzene rings is 1. The molecule has 1 N–H and O–H groups in total. The van der Waals surface area contributed by atoms with Crippen molar-refractivity contribution in [3.63, 3.8) is 0 Å². The van der Waals surface area contributed by atoms with E-state index in [-0.39, 0.29) is 11.4 Å². The van der Waals surface area contributed by atoms with Crippen molar-refractivity contribution in [2.45, 2.75) is 19.5 Å². The standard InChI is InChI=1S/C23H19FN4OS/c24-19-6-2-1-5-17(19)21-8-7-16(30-21)13-28-11-9-20-18(14-28)23(29)27-22(26-20)15-4-3-10-25-12-15/h1-8,10,12H,9,11,13-14H2,(H,26,27,29). The van der Waals surface area contributed by atoms with Gasteiger partial charge in [0, 0.05) is 59.3 Å². The quantitative estimate of drug-likeness (QED) is 0.538. The average molecular weight is 418 g/mol. The van der Waals surface area contributed by atoms with E-state index in [2.05, 4.69) is 19.9 Å². The lowest BCUT2D eigenvalue weighted by molar-refractivity contribution is 0.244. The summed E-state index contributed by atoms with van der Waals surface area (Å²) < 4.78 is 14.1. The Labute approximate surface area is 176 Å². The van der Waals surface area contributed by atoms with Gasteiger partial charge in [0.05, 0.1) is 11.3 Å². The lowest BCUT2D eigenvalue weighted by Crippen LogP contribution is -2.35. The summed E-state index contributed by atoms with van der Waals surface area (Å²) in [5, 5.41) is 0. The fraction of sp³-hybridized carbons (Fsp3) is 0.174. The van der Waals surface area contributed by atoms with Crippen LogP contribution in [-0.4, -0.2) is 26.4 Å². The molecular formula is C23H19FN4OS. The zero-order valence-corrected chi connectivity index (χ0v) is 17.0. The van der Waals surface area contributed by atoms with Crippen LogP contribution in [0.2, 0.25) is 0 Å². The Morgan fingerprint density at radius 2 is 2.03 bits per heavy atom. The highest BCUT2D eigenvalue weighted by Gasteiger charge is 2.22. The molecule has 0 amide bonds. The van der Waals surface area contributed by atoms with E-state index in [4.69, 9.17) is 0 Å². The van der Waals surface area contributed by atoms with Crippen molar-refractivity contribution in [2.75, 3.05) is 6.54 Å². The van der Waals surface area contributed by atoms with E-state index in [1.165, 1.54) is 6.07 Å². The number of rotatable bonds is 4. The smallest absolute Gasteiger partial charge is 0.255 e. The Morgan fingerprint density at radius 1 is 1.13 bits per heavy atom. The van der Waals surface area contributed by atoms with Crippen LogP contribution in [0.25, 0.3) is 21.8 Å². The van der Waals surface area contributed by atoms with Gasteiger partial charge in [-0.1, -0.05) is 18.2 Å². The molecular weight excluding hydrogens is 399 g/mol. The first-order valence-corrected chi connectivity index (χ1v) is 10.6. The van der Waals surface area contributed by atoms with Crippen LogP contribution in [0.1, 0.15) is 16.1 Å². The molecule has 30 heavy (non-hydrogen) atoms. The minimum absolute atomic E-state index is 0.0956. The SMILES string of the molecule is O=c1[nH]c(-c2cccnc2)nc2c1CN(Cc1ccc(-c3ccccc3F)s1)CC2. The first kappa shape index (κ1) is 18.8. The van der Waals surface area contributed by atoms with Crippen molar-refractivity contribution < 1.29 is 4.39 Å². The van der Waals surface area contributed by atoms with Gasteiger partial charge in [0.1, 0.15) is 11.6 Å². The van der Waals surface area contributed by atoms with E-state index in [0.29, 0.717) is 17.9 Å². The van der Waals surface area contributed by atoms with Gasteiger partial charge in [-0.05, 0) is 30.3 Å². The minimum atomic E-state index is -0.208. The van der Waals surface area contributed by atoms with Gasteiger partial charge in [0.2, 0.25) is 0 Å². The molecule has 0 radical (unpaired) electrons. The molecule has 0 saturated heterocycles. The van der Waals surface area contributed by atoms with Gasteiger partial charge in [-0.3, -0.25) is 14.7 Å². The molecule has 0 fully saturated rings. The summed E-state index contributed by atoms with van der Waals surface area (Å²) in [6.07, 6.45) is 4.11. The van der Waals surface area contributed by atoms with Crippen LogP contribution in [0.4, 0.5) is 4.39 Å². The number of hydrogen-bond donors (Lipinski definition) is 1. The van der Waals surface area contributed by atoms with E-state index < -0.39 is 0 Å².